The van der Waals surface area contributed by atoms with E-state index in [9.17, 15) is 4.79 Å². The zero-order chi connectivity index (χ0) is 13.4. The largest absolute Gasteiger partial charge is 0.380 e. The number of hydrogen-bond donors (Lipinski definition) is 2. The van der Waals surface area contributed by atoms with E-state index in [2.05, 4.69) is 10.6 Å². The SMILES string of the molecule is CCC(C)NC(=O)CNc1ccc(COC)cc1. The number of nitrogens with one attached hydrogen (secondary N) is 2. The molecule has 1 aromatic rings. The second kappa shape index (κ2) is 7.71. The number of carbonyl (C=O) groups is 1. The Hall–Kier alpha value is -1.55. The average Bonchev–Trinajstić information content (AvgIpc) is 2.38. The van der Waals surface area contributed by atoms with Gasteiger partial charge in [-0.2, -0.15) is 0 Å². The molecule has 1 aromatic carbocycles. The first kappa shape index (κ1) is 14.5. The van der Waals surface area contributed by atoms with E-state index < -0.39 is 0 Å². The zero-order valence-electron chi connectivity index (χ0n) is 11.3. The first-order chi connectivity index (χ1) is 8.65. The van der Waals surface area contributed by atoms with Crippen molar-refractivity contribution < 1.29 is 9.53 Å². The van der Waals surface area contributed by atoms with Crippen LogP contribution in [0.2, 0.25) is 0 Å². The molecule has 18 heavy (non-hydrogen) atoms. The van der Waals surface area contributed by atoms with Crippen molar-refractivity contribution in [2.24, 2.45) is 0 Å². The molecule has 0 aliphatic rings. The lowest BCUT2D eigenvalue weighted by Crippen LogP contribution is -2.36. The third kappa shape index (κ3) is 5.19. The summed E-state index contributed by atoms with van der Waals surface area (Å²) in [6.07, 6.45) is 0.942. The molecule has 1 amide bonds. The fraction of sp³-hybridized carbons (Fsp3) is 0.500. The highest BCUT2D eigenvalue weighted by atomic mass is 16.5. The quantitative estimate of drug-likeness (QED) is 0.779. The van der Waals surface area contributed by atoms with Crippen LogP contribution >= 0.6 is 0 Å². The topological polar surface area (TPSA) is 50.4 Å². The Morgan fingerprint density at radius 1 is 1.33 bits per heavy atom. The Labute approximate surface area is 109 Å². The standard InChI is InChI=1S/C14H22N2O2/c1-4-11(2)16-14(17)9-15-13-7-5-12(6-8-13)10-18-3/h5-8,11,15H,4,9-10H2,1-3H3,(H,16,17). The van der Waals surface area contributed by atoms with Gasteiger partial charge in [0.15, 0.2) is 0 Å². The molecule has 0 aromatic heterocycles. The molecule has 0 aliphatic carbocycles. The molecule has 1 atom stereocenters. The van der Waals surface area contributed by atoms with Crippen LogP contribution in [0.5, 0.6) is 0 Å². The lowest BCUT2D eigenvalue weighted by molar-refractivity contribution is -0.120. The van der Waals surface area contributed by atoms with E-state index in [1.807, 2.05) is 38.1 Å². The van der Waals surface area contributed by atoms with Crippen LogP contribution in [-0.2, 0) is 16.1 Å². The summed E-state index contributed by atoms with van der Waals surface area (Å²) in [6, 6.07) is 8.09. The van der Waals surface area contributed by atoms with Gasteiger partial charge < -0.3 is 15.4 Å². The maximum atomic E-state index is 11.6. The van der Waals surface area contributed by atoms with Gasteiger partial charge in [-0.25, -0.2) is 0 Å². The van der Waals surface area contributed by atoms with Gasteiger partial charge in [-0.15, -0.1) is 0 Å². The van der Waals surface area contributed by atoms with E-state index in [4.69, 9.17) is 4.74 Å². The second-order valence-electron chi connectivity index (χ2n) is 4.36. The minimum atomic E-state index is 0.0188. The van der Waals surface area contributed by atoms with Crippen LogP contribution in [0, 0.1) is 0 Å². The molecule has 0 radical (unpaired) electrons. The van der Waals surface area contributed by atoms with Gasteiger partial charge in [0, 0.05) is 18.8 Å². The van der Waals surface area contributed by atoms with Gasteiger partial charge in [0.1, 0.15) is 0 Å². The first-order valence-corrected chi connectivity index (χ1v) is 6.26. The van der Waals surface area contributed by atoms with Crippen molar-refractivity contribution in [2.75, 3.05) is 19.0 Å². The molecule has 4 nitrogen and oxygen atoms in total. The lowest BCUT2D eigenvalue weighted by Gasteiger charge is -2.12. The van der Waals surface area contributed by atoms with Crippen LogP contribution in [0.3, 0.4) is 0 Å². The van der Waals surface area contributed by atoms with Gasteiger partial charge in [0.2, 0.25) is 5.91 Å². The molecular formula is C14H22N2O2. The molecular weight excluding hydrogens is 228 g/mol. The molecule has 1 unspecified atom stereocenters. The summed E-state index contributed by atoms with van der Waals surface area (Å²) in [5, 5.41) is 6.00. The first-order valence-electron chi connectivity index (χ1n) is 6.26. The molecule has 0 spiro atoms. The molecule has 0 aliphatic heterocycles. The van der Waals surface area contributed by atoms with Crippen molar-refractivity contribution >= 4 is 11.6 Å². The van der Waals surface area contributed by atoms with Crippen LogP contribution in [0.15, 0.2) is 24.3 Å². The Bertz CT molecular complexity index is 363. The number of anilines is 1. The molecule has 0 saturated carbocycles. The van der Waals surface area contributed by atoms with Crippen molar-refractivity contribution in [3.05, 3.63) is 29.8 Å². The van der Waals surface area contributed by atoms with Crippen LogP contribution in [0.4, 0.5) is 5.69 Å². The molecule has 0 heterocycles. The molecule has 0 bridgehead atoms. The van der Waals surface area contributed by atoms with Crippen molar-refractivity contribution in [3.8, 4) is 0 Å². The monoisotopic (exact) mass is 250 g/mol. The fourth-order valence-corrected chi connectivity index (χ4v) is 1.50. The smallest absolute Gasteiger partial charge is 0.239 e. The maximum absolute atomic E-state index is 11.6. The van der Waals surface area contributed by atoms with Gasteiger partial charge in [0.05, 0.1) is 13.2 Å². The van der Waals surface area contributed by atoms with E-state index in [0.29, 0.717) is 13.2 Å². The van der Waals surface area contributed by atoms with E-state index in [1.165, 1.54) is 0 Å². The van der Waals surface area contributed by atoms with Gasteiger partial charge in [-0.1, -0.05) is 19.1 Å². The van der Waals surface area contributed by atoms with Crippen molar-refractivity contribution in [2.45, 2.75) is 32.9 Å². The molecule has 1 rings (SSSR count). The Kier molecular flexibility index (Phi) is 6.22. The number of carbonyl (C=O) groups excluding carboxylic acids is 1. The lowest BCUT2D eigenvalue weighted by atomic mass is 10.2. The van der Waals surface area contributed by atoms with Crippen LogP contribution in [0.25, 0.3) is 0 Å². The normalized spacial score (nSPS) is 11.9. The van der Waals surface area contributed by atoms with Crippen molar-refractivity contribution in [1.82, 2.24) is 5.32 Å². The number of benzene rings is 1. The molecule has 0 fully saturated rings. The van der Waals surface area contributed by atoms with E-state index >= 15 is 0 Å². The summed E-state index contributed by atoms with van der Waals surface area (Å²) in [4.78, 5) is 11.6. The summed E-state index contributed by atoms with van der Waals surface area (Å²) >= 11 is 0. The number of hydrogen-bond acceptors (Lipinski definition) is 3. The number of ether oxygens (including phenoxy) is 1. The summed E-state index contributed by atoms with van der Waals surface area (Å²) in [5.41, 5.74) is 2.06. The Morgan fingerprint density at radius 3 is 2.56 bits per heavy atom. The third-order valence-corrected chi connectivity index (χ3v) is 2.74. The minimum Gasteiger partial charge on any atom is -0.380 e. The average molecular weight is 250 g/mol. The highest BCUT2D eigenvalue weighted by molar-refractivity contribution is 5.80. The van der Waals surface area contributed by atoms with E-state index in [-0.39, 0.29) is 11.9 Å². The van der Waals surface area contributed by atoms with Gasteiger partial charge in [0.25, 0.3) is 0 Å². The van der Waals surface area contributed by atoms with Gasteiger partial charge >= 0.3 is 0 Å². The van der Waals surface area contributed by atoms with E-state index in [1.54, 1.807) is 7.11 Å². The summed E-state index contributed by atoms with van der Waals surface area (Å²) in [5.74, 6) is 0.0188. The molecule has 0 saturated heterocycles. The summed E-state index contributed by atoms with van der Waals surface area (Å²) in [7, 11) is 1.67. The number of rotatable bonds is 7. The van der Waals surface area contributed by atoms with Crippen LogP contribution < -0.4 is 10.6 Å². The third-order valence-electron chi connectivity index (χ3n) is 2.74. The van der Waals surface area contributed by atoms with Crippen LogP contribution in [0.1, 0.15) is 25.8 Å². The summed E-state index contributed by atoms with van der Waals surface area (Å²) < 4.78 is 5.04. The predicted molar refractivity (Wildman–Crippen MR) is 73.5 cm³/mol. The Morgan fingerprint density at radius 2 is 2.00 bits per heavy atom. The number of methoxy groups -OCH3 is 1. The second-order valence-corrected chi connectivity index (χ2v) is 4.36. The van der Waals surface area contributed by atoms with E-state index in [0.717, 1.165) is 17.7 Å². The summed E-state index contributed by atoms with van der Waals surface area (Å²) in [6.45, 7) is 4.95. The zero-order valence-corrected chi connectivity index (χ0v) is 11.3. The van der Waals surface area contributed by atoms with Crippen molar-refractivity contribution in [1.29, 1.82) is 0 Å². The van der Waals surface area contributed by atoms with Gasteiger partial charge in [-0.05, 0) is 31.0 Å². The highest BCUT2D eigenvalue weighted by Crippen LogP contribution is 2.09. The van der Waals surface area contributed by atoms with Gasteiger partial charge in [-0.3, -0.25) is 4.79 Å². The predicted octanol–water partition coefficient (Wildman–Crippen LogP) is 2.16. The number of amides is 1. The minimum absolute atomic E-state index is 0.0188. The fourth-order valence-electron chi connectivity index (χ4n) is 1.50. The molecule has 2 N–H and O–H groups in total. The molecule has 100 valence electrons. The Balaban J connectivity index is 2.36. The van der Waals surface area contributed by atoms with Crippen LogP contribution in [-0.4, -0.2) is 25.6 Å². The van der Waals surface area contributed by atoms with Crippen molar-refractivity contribution in [3.63, 3.8) is 0 Å². The maximum Gasteiger partial charge on any atom is 0.239 e. The highest BCUT2D eigenvalue weighted by Gasteiger charge is 2.04. The molecule has 4 heteroatoms.